The first-order chi connectivity index (χ1) is 9.85. The summed E-state index contributed by atoms with van der Waals surface area (Å²) in [6.07, 6.45) is 1.01. The van der Waals surface area contributed by atoms with Gasteiger partial charge in [-0.25, -0.2) is 0 Å². The Morgan fingerprint density at radius 2 is 1.95 bits per heavy atom. The lowest BCUT2D eigenvalue weighted by Gasteiger charge is -2.22. The van der Waals surface area contributed by atoms with Crippen molar-refractivity contribution in [3.63, 3.8) is 0 Å². The fourth-order valence-corrected chi connectivity index (χ4v) is 3.21. The number of rotatable bonds is 5. The average molecular weight is 305 g/mol. The van der Waals surface area contributed by atoms with Crippen molar-refractivity contribution < 1.29 is 0 Å². The third kappa shape index (κ3) is 4.98. The van der Waals surface area contributed by atoms with Crippen LogP contribution in [0.3, 0.4) is 0 Å². The molecule has 0 aliphatic heterocycles. The molecule has 0 aliphatic carbocycles. The molecule has 1 atom stereocenters. The standard InChI is InChI=1S/C18H25ClN2/c1-13-9-14(16-7-5-6-8-17(16)21-13)11-20-12-15(19)10-18(2,3)4/h5-9,15,20H,10-12H2,1-4H3. The summed E-state index contributed by atoms with van der Waals surface area (Å²) in [6, 6.07) is 10.4. The molecule has 1 N–H and O–H groups in total. The van der Waals surface area contributed by atoms with Gasteiger partial charge in [-0.1, -0.05) is 39.0 Å². The van der Waals surface area contributed by atoms with E-state index in [2.05, 4.69) is 55.3 Å². The number of nitrogens with zero attached hydrogens (tertiary/aromatic N) is 1. The van der Waals surface area contributed by atoms with E-state index >= 15 is 0 Å². The number of fused-ring (bicyclic) bond motifs is 1. The highest BCUT2D eigenvalue weighted by Gasteiger charge is 2.16. The molecule has 0 aliphatic rings. The highest BCUT2D eigenvalue weighted by molar-refractivity contribution is 6.20. The van der Waals surface area contributed by atoms with Gasteiger partial charge in [0.1, 0.15) is 0 Å². The Balaban J connectivity index is 2.01. The number of hydrogen-bond acceptors (Lipinski definition) is 2. The van der Waals surface area contributed by atoms with Crippen LogP contribution in [0.4, 0.5) is 0 Å². The molecule has 2 aromatic rings. The van der Waals surface area contributed by atoms with Crippen molar-refractivity contribution in [2.45, 2.75) is 46.0 Å². The number of aromatic nitrogens is 1. The Labute approximate surface area is 132 Å². The summed E-state index contributed by atoms with van der Waals surface area (Å²) in [5.41, 5.74) is 3.68. The zero-order chi connectivity index (χ0) is 15.5. The third-order valence-corrected chi connectivity index (χ3v) is 3.75. The number of pyridine rings is 1. The lowest BCUT2D eigenvalue weighted by Crippen LogP contribution is -2.26. The third-order valence-electron chi connectivity index (χ3n) is 3.45. The molecule has 1 unspecified atom stereocenters. The van der Waals surface area contributed by atoms with E-state index in [0.29, 0.717) is 0 Å². The number of hydrogen-bond donors (Lipinski definition) is 1. The first-order valence-electron chi connectivity index (χ1n) is 7.55. The Kier molecular flexibility index (Phi) is 5.23. The number of benzene rings is 1. The molecule has 2 nitrogen and oxygen atoms in total. The van der Waals surface area contributed by atoms with E-state index in [1.807, 2.05) is 13.0 Å². The van der Waals surface area contributed by atoms with Gasteiger partial charge in [0.2, 0.25) is 0 Å². The van der Waals surface area contributed by atoms with Crippen LogP contribution in [-0.4, -0.2) is 16.9 Å². The maximum absolute atomic E-state index is 6.41. The van der Waals surface area contributed by atoms with Crippen molar-refractivity contribution in [3.05, 3.63) is 41.6 Å². The Hall–Kier alpha value is -1.12. The second-order valence-corrected chi connectivity index (χ2v) is 7.55. The van der Waals surface area contributed by atoms with Crippen LogP contribution < -0.4 is 5.32 Å². The van der Waals surface area contributed by atoms with Gasteiger partial charge >= 0.3 is 0 Å². The number of para-hydroxylation sites is 1. The molecule has 0 radical (unpaired) electrons. The van der Waals surface area contributed by atoms with E-state index < -0.39 is 0 Å². The van der Waals surface area contributed by atoms with Gasteiger partial charge in [0.25, 0.3) is 0 Å². The summed E-state index contributed by atoms with van der Waals surface area (Å²) in [5.74, 6) is 0. The van der Waals surface area contributed by atoms with Gasteiger partial charge in [-0.05, 0) is 36.5 Å². The van der Waals surface area contributed by atoms with E-state index in [1.165, 1.54) is 10.9 Å². The van der Waals surface area contributed by atoms with Crippen molar-refractivity contribution in [3.8, 4) is 0 Å². The van der Waals surface area contributed by atoms with Crippen LogP contribution in [0, 0.1) is 12.3 Å². The Morgan fingerprint density at radius 3 is 2.67 bits per heavy atom. The first kappa shape index (κ1) is 16.3. The van der Waals surface area contributed by atoms with Crippen LogP contribution >= 0.6 is 11.6 Å². The van der Waals surface area contributed by atoms with Gasteiger partial charge in [0, 0.05) is 29.5 Å². The zero-order valence-corrected chi connectivity index (χ0v) is 14.2. The summed E-state index contributed by atoms with van der Waals surface area (Å²) >= 11 is 6.41. The lowest BCUT2D eigenvalue weighted by molar-refractivity contribution is 0.364. The van der Waals surface area contributed by atoms with Gasteiger partial charge in [0.05, 0.1) is 5.52 Å². The smallest absolute Gasteiger partial charge is 0.0708 e. The molecule has 0 fully saturated rings. The molecule has 0 bridgehead atoms. The van der Waals surface area contributed by atoms with Gasteiger partial charge in [-0.3, -0.25) is 4.98 Å². The average Bonchev–Trinajstić information content (AvgIpc) is 2.36. The number of nitrogens with one attached hydrogen (secondary N) is 1. The van der Waals surface area contributed by atoms with Crippen LogP contribution in [0.25, 0.3) is 10.9 Å². The summed E-state index contributed by atoms with van der Waals surface area (Å²) < 4.78 is 0. The number of alkyl halides is 1. The van der Waals surface area contributed by atoms with Crippen LogP contribution in [0.15, 0.2) is 30.3 Å². The molecular formula is C18H25ClN2. The van der Waals surface area contributed by atoms with E-state index in [4.69, 9.17) is 11.6 Å². The van der Waals surface area contributed by atoms with Crippen molar-refractivity contribution >= 4 is 22.5 Å². The zero-order valence-electron chi connectivity index (χ0n) is 13.4. The molecule has 3 heteroatoms. The van der Waals surface area contributed by atoms with Gasteiger partial charge in [-0.2, -0.15) is 0 Å². The van der Waals surface area contributed by atoms with Crippen LogP contribution in [0.2, 0.25) is 0 Å². The van der Waals surface area contributed by atoms with Crippen LogP contribution in [-0.2, 0) is 6.54 Å². The molecule has 1 aromatic heterocycles. The van der Waals surface area contributed by atoms with Crippen LogP contribution in [0.5, 0.6) is 0 Å². The molecule has 2 rings (SSSR count). The maximum atomic E-state index is 6.41. The molecule has 0 saturated heterocycles. The molecule has 1 heterocycles. The van der Waals surface area contributed by atoms with E-state index in [0.717, 1.165) is 30.7 Å². The Morgan fingerprint density at radius 1 is 1.24 bits per heavy atom. The monoisotopic (exact) mass is 304 g/mol. The highest BCUT2D eigenvalue weighted by Crippen LogP contribution is 2.23. The molecule has 0 amide bonds. The SMILES string of the molecule is Cc1cc(CNCC(Cl)CC(C)(C)C)c2ccccc2n1. The summed E-state index contributed by atoms with van der Waals surface area (Å²) in [5, 5.41) is 4.87. The first-order valence-corrected chi connectivity index (χ1v) is 7.99. The van der Waals surface area contributed by atoms with E-state index in [1.54, 1.807) is 0 Å². The highest BCUT2D eigenvalue weighted by atomic mass is 35.5. The normalized spacial score (nSPS) is 13.6. The minimum absolute atomic E-state index is 0.166. The second-order valence-electron chi connectivity index (χ2n) is 6.93. The van der Waals surface area contributed by atoms with Crippen LogP contribution in [0.1, 0.15) is 38.4 Å². The molecule has 0 saturated carbocycles. The minimum atomic E-state index is 0.166. The number of aryl methyl sites for hydroxylation is 1. The van der Waals surface area contributed by atoms with Crippen molar-refractivity contribution in [1.29, 1.82) is 0 Å². The minimum Gasteiger partial charge on any atom is -0.311 e. The summed E-state index contributed by atoms with van der Waals surface area (Å²) in [6.45, 7) is 10.4. The van der Waals surface area contributed by atoms with Gasteiger partial charge < -0.3 is 5.32 Å². The summed E-state index contributed by atoms with van der Waals surface area (Å²) in [4.78, 5) is 4.57. The quantitative estimate of drug-likeness (QED) is 0.812. The number of halogens is 1. The summed E-state index contributed by atoms with van der Waals surface area (Å²) in [7, 11) is 0. The van der Waals surface area contributed by atoms with Gasteiger partial charge in [0.15, 0.2) is 0 Å². The van der Waals surface area contributed by atoms with Gasteiger partial charge in [-0.15, -0.1) is 11.6 Å². The fraction of sp³-hybridized carbons (Fsp3) is 0.500. The van der Waals surface area contributed by atoms with Crippen molar-refractivity contribution in [2.75, 3.05) is 6.54 Å². The molecule has 114 valence electrons. The maximum Gasteiger partial charge on any atom is 0.0708 e. The van der Waals surface area contributed by atoms with Crippen molar-refractivity contribution in [2.24, 2.45) is 5.41 Å². The molecule has 0 spiro atoms. The molecular weight excluding hydrogens is 280 g/mol. The molecule has 1 aromatic carbocycles. The van der Waals surface area contributed by atoms with E-state index in [-0.39, 0.29) is 10.8 Å². The fourth-order valence-electron chi connectivity index (χ4n) is 2.64. The predicted octanol–water partition coefficient (Wildman–Crippen LogP) is 4.68. The van der Waals surface area contributed by atoms with Crippen molar-refractivity contribution in [1.82, 2.24) is 10.3 Å². The second kappa shape index (κ2) is 6.76. The Bertz CT molecular complexity index is 602. The molecule has 21 heavy (non-hydrogen) atoms. The van der Waals surface area contributed by atoms with E-state index in [9.17, 15) is 0 Å². The predicted molar refractivity (Wildman–Crippen MR) is 91.9 cm³/mol. The largest absolute Gasteiger partial charge is 0.311 e. The lowest BCUT2D eigenvalue weighted by atomic mass is 9.90. The topological polar surface area (TPSA) is 24.9 Å².